The molecule has 1 unspecified atom stereocenters. The normalized spacial score (nSPS) is 31.7. The minimum Gasteiger partial charge on any atom is -0.348 e. The highest BCUT2D eigenvalue weighted by Crippen LogP contribution is 2.41. The van der Waals surface area contributed by atoms with E-state index in [2.05, 4.69) is 15.5 Å². The minimum absolute atomic E-state index is 0. The summed E-state index contributed by atoms with van der Waals surface area (Å²) in [5, 5.41) is 10.4. The van der Waals surface area contributed by atoms with Crippen molar-refractivity contribution < 1.29 is 4.79 Å². The van der Waals surface area contributed by atoms with Gasteiger partial charge in [-0.3, -0.25) is 9.89 Å². The van der Waals surface area contributed by atoms with Crippen molar-refractivity contribution in [3.63, 3.8) is 0 Å². The van der Waals surface area contributed by atoms with Crippen molar-refractivity contribution in [2.75, 3.05) is 0 Å². The van der Waals surface area contributed by atoms with E-state index in [0.29, 0.717) is 23.6 Å². The molecule has 1 amide bonds. The van der Waals surface area contributed by atoms with Crippen LogP contribution >= 0.6 is 0 Å². The molecule has 0 aliphatic heterocycles. The van der Waals surface area contributed by atoms with Crippen LogP contribution in [0.3, 0.4) is 0 Å². The van der Waals surface area contributed by atoms with Crippen molar-refractivity contribution in [1.82, 2.24) is 15.5 Å². The lowest BCUT2D eigenvalue weighted by Crippen LogP contribution is -2.47. The van der Waals surface area contributed by atoms with Gasteiger partial charge in [-0.1, -0.05) is 20.3 Å². The number of carbonyl (C=O) groups excluding carboxylic acids is 1. The number of nitrogens with zero attached hydrogens (tertiary/aromatic N) is 1. The number of aromatic nitrogens is 2. The summed E-state index contributed by atoms with van der Waals surface area (Å²) < 4.78 is 0. The Balaban J connectivity index is 0.00000121. The zero-order valence-electron chi connectivity index (χ0n) is 11.2. The maximum absolute atomic E-state index is 12.3. The summed E-state index contributed by atoms with van der Waals surface area (Å²) in [7, 11) is 0. The number of nitrogens with one attached hydrogen (secondary N) is 2. The Morgan fingerprint density at radius 3 is 2.55 bits per heavy atom. The van der Waals surface area contributed by atoms with Gasteiger partial charge in [-0.25, -0.2) is 0 Å². The molecule has 0 aromatic carbocycles. The number of hydrogen-bond acceptors (Lipinski definition) is 2. The predicted molar refractivity (Wildman–Crippen MR) is 78.6 cm³/mol. The number of rotatable bonds is 3. The number of fused-ring (bicyclic) bond motifs is 3. The largest absolute Gasteiger partial charge is 0.348 e. The highest BCUT2D eigenvalue weighted by molar-refractivity contribution is 5.92. The topological polar surface area (TPSA) is 57.8 Å². The molecular formula is C16H25N3O. The number of carbonyl (C=O) groups is 1. The molecule has 4 nitrogen and oxygen atoms in total. The number of amides is 1. The maximum Gasteiger partial charge on any atom is 0.272 e. The van der Waals surface area contributed by atoms with Crippen molar-refractivity contribution in [3.05, 3.63) is 17.5 Å². The Bertz CT molecular complexity index is 484. The standard InChI is InChI=1S/C15H21N3O.CH4/c19-15(14-8-13(17-18-14)11-5-6-11)16-12-7-9-1-3-10(12)4-2-9;/h8-12H,1-7H2,(H,16,19)(H,17,18);1H4. The van der Waals surface area contributed by atoms with Crippen LogP contribution in [0.15, 0.2) is 6.07 Å². The van der Waals surface area contributed by atoms with Crippen LogP contribution < -0.4 is 5.32 Å². The van der Waals surface area contributed by atoms with E-state index in [4.69, 9.17) is 0 Å². The molecule has 1 heterocycles. The highest BCUT2D eigenvalue weighted by Gasteiger charge is 2.36. The van der Waals surface area contributed by atoms with Gasteiger partial charge in [0, 0.05) is 17.7 Å². The van der Waals surface area contributed by atoms with Crippen LogP contribution in [0.4, 0.5) is 0 Å². The second-order valence-electron chi connectivity index (χ2n) is 6.58. The molecule has 4 heteroatoms. The molecule has 20 heavy (non-hydrogen) atoms. The molecular weight excluding hydrogens is 250 g/mol. The lowest BCUT2D eigenvalue weighted by Gasteiger charge is -2.42. The van der Waals surface area contributed by atoms with E-state index in [1.807, 2.05) is 6.07 Å². The van der Waals surface area contributed by atoms with E-state index in [-0.39, 0.29) is 13.3 Å². The molecule has 5 rings (SSSR count). The fourth-order valence-electron chi connectivity index (χ4n) is 3.85. The SMILES string of the molecule is C.O=C(NC1CC2CCC1CC2)c1cc(C2CC2)[nH]n1. The van der Waals surface area contributed by atoms with Gasteiger partial charge in [-0.05, 0) is 50.0 Å². The Labute approximate surface area is 120 Å². The molecule has 4 aliphatic carbocycles. The molecule has 1 aromatic rings. The molecule has 0 saturated heterocycles. The molecule has 0 spiro atoms. The molecule has 2 N–H and O–H groups in total. The molecule has 1 aromatic heterocycles. The number of hydrogen-bond donors (Lipinski definition) is 2. The third-order valence-corrected chi connectivity index (χ3v) is 5.21. The van der Waals surface area contributed by atoms with Gasteiger partial charge >= 0.3 is 0 Å². The monoisotopic (exact) mass is 275 g/mol. The van der Waals surface area contributed by atoms with Gasteiger partial charge in [-0.15, -0.1) is 0 Å². The van der Waals surface area contributed by atoms with Gasteiger partial charge in [0.1, 0.15) is 5.69 Å². The lowest BCUT2D eigenvalue weighted by atomic mass is 9.68. The van der Waals surface area contributed by atoms with Crippen molar-refractivity contribution in [2.24, 2.45) is 11.8 Å². The molecule has 110 valence electrons. The summed E-state index contributed by atoms with van der Waals surface area (Å²) in [6.45, 7) is 0. The highest BCUT2D eigenvalue weighted by atomic mass is 16.2. The summed E-state index contributed by atoms with van der Waals surface area (Å²) in [5.74, 6) is 2.19. The van der Waals surface area contributed by atoms with Gasteiger partial charge in [0.25, 0.3) is 5.91 Å². The smallest absolute Gasteiger partial charge is 0.272 e. The summed E-state index contributed by atoms with van der Waals surface area (Å²) in [6, 6.07) is 2.33. The molecule has 0 radical (unpaired) electrons. The van der Waals surface area contributed by atoms with Crippen LogP contribution in [0, 0.1) is 11.8 Å². The van der Waals surface area contributed by atoms with Gasteiger partial charge in [0.15, 0.2) is 0 Å². The minimum atomic E-state index is 0. The number of aromatic amines is 1. The van der Waals surface area contributed by atoms with E-state index in [1.54, 1.807) is 0 Å². The average molecular weight is 275 g/mol. The van der Waals surface area contributed by atoms with E-state index in [9.17, 15) is 4.79 Å². The first-order valence-corrected chi connectivity index (χ1v) is 7.66. The molecule has 4 saturated carbocycles. The maximum atomic E-state index is 12.3. The molecule has 2 bridgehead atoms. The first kappa shape index (κ1) is 13.7. The Morgan fingerprint density at radius 2 is 1.95 bits per heavy atom. The van der Waals surface area contributed by atoms with Crippen LogP contribution in [-0.4, -0.2) is 22.1 Å². The Kier molecular flexibility index (Phi) is 3.57. The van der Waals surface area contributed by atoms with Crippen molar-refractivity contribution in [3.8, 4) is 0 Å². The average Bonchev–Trinajstić information content (AvgIpc) is 3.17. The fourth-order valence-corrected chi connectivity index (χ4v) is 3.85. The number of H-pyrrole nitrogens is 1. The van der Waals surface area contributed by atoms with Crippen LogP contribution in [0.5, 0.6) is 0 Å². The first-order valence-electron chi connectivity index (χ1n) is 7.66. The zero-order valence-corrected chi connectivity index (χ0v) is 11.2. The lowest BCUT2D eigenvalue weighted by molar-refractivity contribution is 0.0806. The third kappa shape index (κ3) is 2.48. The van der Waals surface area contributed by atoms with Crippen LogP contribution in [0.1, 0.15) is 74.5 Å². The van der Waals surface area contributed by atoms with Gasteiger partial charge in [0.2, 0.25) is 0 Å². The third-order valence-electron chi connectivity index (χ3n) is 5.21. The van der Waals surface area contributed by atoms with E-state index < -0.39 is 0 Å². The van der Waals surface area contributed by atoms with Crippen LogP contribution in [0.25, 0.3) is 0 Å². The molecule has 4 fully saturated rings. The fraction of sp³-hybridized carbons (Fsp3) is 0.750. The van der Waals surface area contributed by atoms with Crippen LogP contribution in [-0.2, 0) is 0 Å². The van der Waals surface area contributed by atoms with Gasteiger partial charge in [0.05, 0.1) is 0 Å². The van der Waals surface area contributed by atoms with Crippen molar-refractivity contribution in [2.45, 2.75) is 64.3 Å². The van der Waals surface area contributed by atoms with Crippen molar-refractivity contribution >= 4 is 5.91 Å². The predicted octanol–water partition coefficient (Wildman–Crippen LogP) is 3.23. The Morgan fingerprint density at radius 1 is 1.20 bits per heavy atom. The second kappa shape index (κ2) is 5.23. The van der Waals surface area contributed by atoms with Gasteiger partial charge in [-0.2, -0.15) is 5.10 Å². The summed E-state index contributed by atoms with van der Waals surface area (Å²) >= 11 is 0. The quantitative estimate of drug-likeness (QED) is 0.889. The van der Waals surface area contributed by atoms with Crippen LogP contribution in [0.2, 0.25) is 0 Å². The molecule has 1 atom stereocenters. The van der Waals surface area contributed by atoms with E-state index in [0.717, 1.165) is 11.6 Å². The summed E-state index contributed by atoms with van der Waals surface area (Å²) in [6.07, 6.45) is 8.96. The van der Waals surface area contributed by atoms with E-state index >= 15 is 0 Å². The van der Waals surface area contributed by atoms with E-state index in [1.165, 1.54) is 44.9 Å². The Hall–Kier alpha value is -1.32. The summed E-state index contributed by atoms with van der Waals surface area (Å²) in [4.78, 5) is 12.3. The summed E-state index contributed by atoms with van der Waals surface area (Å²) in [5.41, 5.74) is 1.71. The second-order valence-corrected chi connectivity index (χ2v) is 6.58. The van der Waals surface area contributed by atoms with Crippen molar-refractivity contribution in [1.29, 1.82) is 0 Å². The van der Waals surface area contributed by atoms with Gasteiger partial charge < -0.3 is 5.32 Å². The zero-order chi connectivity index (χ0) is 12.8. The first-order chi connectivity index (χ1) is 9.29. The molecule has 4 aliphatic rings.